The van der Waals surface area contributed by atoms with E-state index in [0.29, 0.717) is 5.92 Å². The number of hydrogen-bond acceptors (Lipinski definition) is 4. The molecular weight excluding hydrogens is 204 g/mol. The third-order valence-electron chi connectivity index (χ3n) is 3.91. The fourth-order valence-corrected chi connectivity index (χ4v) is 2.36. The summed E-state index contributed by atoms with van der Waals surface area (Å²) in [5, 5.41) is 10.1. The average molecular weight is 228 g/mol. The van der Waals surface area contributed by atoms with Crippen LogP contribution in [-0.2, 0) is 4.74 Å². The van der Waals surface area contributed by atoms with E-state index in [0.717, 1.165) is 52.5 Å². The van der Waals surface area contributed by atoms with Crippen LogP contribution in [0.15, 0.2) is 0 Å². The van der Waals surface area contributed by atoms with E-state index in [1.807, 2.05) is 0 Å². The summed E-state index contributed by atoms with van der Waals surface area (Å²) in [6.45, 7) is 11.9. The predicted octanol–water partition coefficient (Wildman–Crippen LogP) is 0.0213. The number of rotatable bonds is 4. The number of aliphatic hydroxyl groups is 1. The fourth-order valence-electron chi connectivity index (χ4n) is 2.36. The van der Waals surface area contributed by atoms with Gasteiger partial charge in [0.05, 0.1) is 18.8 Å². The molecule has 0 spiro atoms. The Morgan fingerprint density at radius 1 is 1.12 bits per heavy atom. The van der Waals surface area contributed by atoms with Crippen LogP contribution in [0.3, 0.4) is 0 Å². The molecule has 1 N–H and O–H groups in total. The first kappa shape index (κ1) is 12.3. The largest absolute Gasteiger partial charge is 0.387 e. The minimum atomic E-state index is -0.426. The lowest BCUT2D eigenvalue weighted by Gasteiger charge is -2.49. The zero-order chi connectivity index (χ0) is 11.6. The standard InChI is InChI=1S/C12H24N2O2/c1-11(2)12(15)9-14(10-12)4-3-13-5-7-16-8-6-13/h11,15H,3-10H2,1-2H3. The van der Waals surface area contributed by atoms with E-state index in [2.05, 4.69) is 23.6 Å². The Bertz CT molecular complexity index is 221. The van der Waals surface area contributed by atoms with Gasteiger partial charge in [0.15, 0.2) is 0 Å². The van der Waals surface area contributed by atoms with Crippen molar-refractivity contribution in [2.24, 2.45) is 5.92 Å². The van der Waals surface area contributed by atoms with Crippen LogP contribution in [0.25, 0.3) is 0 Å². The normalized spacial score (nSPS) is 27.0. The lowest BCUT2D eigenvalue weighted by molar-refractivity contribution is -0.129. The molecule has 2 saturated heterocycles. The summed E-state index contributed by atoms with van der Waals surface area (Å²) in [4.78, 5) is 4.78. The van der Waals surface area contributed by atoms with Crippen LogP contribution >= 0.6 is 0 Å². The topological polar surface area (TPSA) is 35.9 Å². The van der Waals surface area contributed by atoms with Crippen LogP contribution in [0.2, 0.25) is 0 Å². The molecule has 94 valence electrons. The minimum Gasteiger partial charge on any atom is -0.387 e. The maximum absolute atomic E-state index is 10.1. The quantitative estimate of drug-likeness (QED) is 0.736. The molecule has 0 saturated carbocycles. The van der Waals surface area contributed by atoms with Crippen LogP contribution in [-0.4, -0.2) is 73.0 Å². The van der Waals surface area contributed by atoms with Gasteiger partial charge in [-0.15, -0.1) is 0 Å². The van der Waals surface area contributed by atoms with Gasteiger partial charge in [-0.05, 0) is 5.92 Å². The molecule has 4 heteroatoms. The van der Waals surface area contributed by atoms with Gasteiger partial charge in [-0.1, -0.05) is 13.8 Å². The molecule has 2 aliphatic rings. The van der Waals surface area contributed by atoms with E-state index >= 15 is 0 Å². The average Bonchev–Trinajstić information content (AvgIpc) is 2.24. The highest BCUT2D eigenvalue weighted by Gasteiger charge is 2.43. The van der Waals surface area contributed by atoms with Crippen molar-refractivity contribution in [2.45, 2.75) is 19.4 Å². The van der Waals surface area contributed by atoms with Crippen LogP contribution in [0.5, 0.6) is 0 Å². The molecule has 16 heavy (non-hydrogen) atoms. The molecule has 0 radical (unpaired) electrons. The Balaban J connectivity index is 1.62. The first-order valence-corrected chi connectivity index (χ1v) is 6.35. The Labute approximate surface area is 98.2 Å². The summed E-state index contributed by atoms with van der Waals surface area (Å²) in [6, 6.07) is 0. The highest BCUT2D eigenvalue weighted by molar-refractivity contribution is 4.97. The number of hydrogen-bond donors (Lipinski definition) is 1. The second-order valence-electron chi connectivity index (χ2n) is 5.42. The van der Waals surface area contributed by atoms with E-state index < -0.39 is 5.60 Å². The highest BCUT2D eigenvalue weighted by Crippen LogP contribution is 2.27. The molecule has 4 nitrogen and oxygen atoms in total. The van der Waals surface area contributed by atoms with Crippen molar-refractivity contribution in [1.29, 1.82) is 0 Å². The van der Waals surface area contributed by atoms with Crippen molar-refractivity contribution in [3.8, 4) is 0 Å². The molecule has 0 amide bonds. The molecule has 0 aromatic carbocycles. The maximum atomic E-state index is 10.1. The summed E-state index contributed by atoms with van der Waals surface area (Å²) >= 11 is 0. The molecule has 0 atom stereocenters. The van der Waals surface area contributed by atoms with Crippen molar-refractivity contribution in [3.63, 3.8) is 0 Å². The Kier molecular flexibility index (Phi) is 3.85. The van der Waals surface area contributed by atoms with Crippen molar-refractivity contribution >= 4 is 0 Å². The van der Waals surface area contributed by atoms with Crippen molar-refractivity contribution in [3.05, 3.63) is 0 Å². The third-order valence-corrected chi connectivity index (χ3v) is 3.91. The second-order valence-corrected chi connectivity index (χ2v) is 5.42. The van der Waals surface area contributed by atoms with Crippen molar-refractivity contribution < 1.29 is 9.84 Å². The lowest BCUT2D eigenvalue weighted by atomic mass is 9.83. The molecule has 0 bridgehead atoms. The minimum absolute atomic E-state index is 0.368. The molecule has 0 aromatic rings. The number of nitrogens with zero attached hydrogens (tertiary/aromatic N) is 2. The van der Waals surface area contributed by atoms with Crippen molar-refractivity contribution in [2.75, 3.05) is 52.5 Å². The summed E-state index contributed by atoms with van der Waals surface area (Å²) < 4.78 is 5.32. The number of ether oxygens (including phenoxy) is 1. The third kappa shape index (κ3) is 2.74. The highest BCUT2D eigenvalue weighted by atomic mass is 16.5. The summed E-state index contributed by atoms with van der Waals surface area (Å²) in [7, 11) is 0. The monoisotopic (exact) mass is 228 g/mol. The fraction of sp³-hybridized carbons (Fsp3) is 1.00. The van der Waals surface area contributed by atoms with E-state index in [1.165, 1.54) is 0 Å². The summed E-state index contributed by atoms with van der Waals surface area (Å²) in [5.74, 6) is 0.368. The van der Waals surface area contributed by atoms with Crippen LogP contribution in [0.4, 0.5) is 0 Å². The number of likely N-dealkylation sites (tertiary alicyclic amines) is 1. The van der Waals surface area contributed by atoms with Crippen LogP contribution in [0.1, 0.15) is 13.8 Å². The first-order valence-electron chi connectivity index (χ1n) is 6.35. The zero-order valence-electron chi connectivity index (χ0n) is 10.5. The van der Waals surface area contributed by atoms with Gasteiger partial charge in [0, 0.05) is 39.3 Å². The first-order chi connectivity index (χ1) is 7.60. The SMILES string of the molecule is CC(C)C1(O)CN(CCN2CCOCC2)C1. The molecular formula is C12H24N2O2. The molecule has 0 aliphatic carbocycles. The number of morpholine rings is 1. The zero-order valence-corrected chi connectivity index (χ0v) is 10.5. The Morgan fingerprint density at radius 3 is 2.25 bits per heavy atom. The molecule has 2 aliphatic heterocycles. The Hall–Kier alpha value is -0.160. The smallest absolute Gasteiger partial charge is 0.0922 e. The summed E-state index contributed by atoms with van der Waals surface area (Å²) in [6.07, 6.45) is 0. The second kappa shape index (κ2) is 5.00. The predicted molar refractivity (Wildman–Crippen MR) is 63.5 cm³/mol. The maximum Gasteiger partial charge on any atom is 0.0922 e. The van der Waals surface area contributed by atoms with Crippen molar-refractivity contribution in [1.82, 2.24) is 9.80 Å². The number of β-amino-alcohol motifs (C(OH)–C–C–N with tert-alkyl or cyclic N) is 1. The van der Waals surface area contributed by atoms with Crippen LogP contribution < -0.4 is 0 Å². The van der Waals surface area contributed by atoms with Gasteiger partial charge in [0.2, 0.25) is 0 Å². The molecule has 2 heterocycles. The van der Waals surface area contributed by atoms with Crippen LogP contribution in [0, 0.1) is 5.92 Å². The van der Waals surface area contributed by atoms with Gasteiger partial charge in [0.25, 0.3) is 0 Å². The summed E-state index contributed by atoms with van der Waals surface area (Å²) in [5.41, 5.74) is -0.426. The van der Waals surface area contributed by atoms with Gasteiger partial charge < -0.3 is 9.84 Å². The van der Waals surface area contributed by atoms with E-state index in [-0.39, 0.29) is 0 Å². The lowest BCUT2D eigenvalue weighted by Crippen LogP contribution is -2.65. The molecule has 0 aromatic heterocycles. The van der Waals surface area contributed by atoms with Gasteiger partial charge in [-0.2, -0.15) is 0 Å². The molecule has 2 fully saturated rings. The Morgan fingerprint density at radius 2 is 1.69 bits per heavy atom. The van der Waals surface area contributed by atoms with Gasteiger partial charge >= 0.3 is 0 Å². The van der Waals surface area contributed by atoms with Gasteiger partial charge in [-0.3, -0.25) is 9.80 Å². The van der Waals surface area contributed by atoms with E-state index in [9.17, 15) is 5.11 Å². The van der Waals surface area contributed by atoms with E-state index in [4.69, 9.17) is 4.74 Å². The molecule has 0 unspecified atom stereocenters. The molecule has 2 rings (SSSR count). The van der Waals surface area contributed by atoms with Gasteiger partial charge in [0.1, 0.15) is 0 Å². The van der Waals surface area contributed by atoms with E-state index in [1.54, 1.807) is 0 Å². The van der Waals surface area contributed by atoms with Gasteiger partial charge in [-0.25, -0.2) is 0 Å².